The zero-order chi connectivity index (χ0) is 34.8. The predicted molar refractivity (Wildman–Crippen MR) is 190 cm³/mol. The molecule has 0 fully saturated rings. The fourth-order valence-electron chi connectivity index (χ4n) is 4.06. The number of esters is 1. The third kappa shape index (κ3) is 11.3. The minimum Gasteiger partial charge on any atom is -0.491 e. The zero-order valence-corrected chi connectivity index (χ0v) is 31.6. The molecule has 0 spiro atoms. The lowest BCUT2D eigenvalue weighted by molar-refractivity contribution is 0.0519. The number of ether oxygens (including phenoxy) is 2. The van der Waals surface area contributed by atoms with Gasteiger partial charge in [-0.3, -0.25) is 4.90 Å². The summed E-state index contributed by atoms with van der Waals surface area (Å²) in [5.74, 6) is 5.71. The van der Waals surface area contributed by atoms with Crippen LogP contribution in [0, 0.1) is 24.6 Å². The van der Waals surface area contributed by atoms with Crippen LogP contribution >= 0.6 is 22.9 Å². The molecule has 0 aliphatic carbocycles. The van der Waals surface area contributed by atoms with Gasteiger partial charge in [0.2, 0.25) is 0 Å². The van der Waals surface area contributed by atoms with E-state index in [1.807, 2.05) is 36.9 Å². The van der Waals surface area contributed by atoms with Gasteiger partial charge in [-0.2, -0.15) is 0 Å². The van der Waals surface area contributed by atoms with E-state index < -0.39 is 20.1 Å². The van der Waals surface area contributed by atoms with Gasteiger partial charge in [-0.25, -0.2) is 14.2 Å². The Hall–Kier alpha value is -3.08. The van der Waals surface area contributed by atoms with E-state index in [4.69, 9.17) is 30.5 Å². The lowest BCUT2D eigenvalue weighted by Crippen LogP contribution is -2.41. The molecule has 13 heteroatoms. The van der Waals surface area contributed by atoms with Gasteiger partial charge in [0.05, 0.1) is 19.8 Å². The number of rotatable bonds is 15. The van der Waals surface area contributed by atoms with Crippen LogP contribution in [0.25, 0.3) is 0 Å². The molecule has 0 amide bonds. The molecule has 0 atom stereocenters. The van der Waals surface area contributed by atoms with Crippen molar-refractivity contribution in [3.63, 3.8) is 0 Å². The Morgan fingerprint density at radius 3 is 2.51 bits per heavy atom. The molecule has 0 aliphatic heterocycles. The van der Waals surface area contributed by atoms with Crippen molar-refractivity contribution in [1.29, 1.82) is 0 Å². The average molecular weight is 704 g/mol. The van der Waals surface area contributed by atoms with Gasteiger partial charge < -0.3 is 18.8 Å². The lowest BCUT2D eigenvalue weighted by atomic mass is 10.2. The van der Waals surface area contributed by atoms with Gasteiger partial charge >= 0.3 is 5.97 Å². The second-order valence-corrected chi connectivity index (χ2v) is 19.1. The third-order valence-electron chi connectivity index (χ3n) is 7.73. The summed E-state index contributed by atoms with van der Waals surface area (Å²) in [6.07, 6.45) is 1.71. The Morgan fingerprint density at radius 2 is 1.87 bits per heavy atom. The number of benzene rings is 1. The number of aryl methyl sites for hydroxylation is 2. The van der Waals surface area contributed by atoms with Crippen molar-refractivity contribution >= 4 is 48.2 Å². The number of hydrogen-bond acceptors (Lipinski definition) is 10. The van der Waals surface area contributed by atoms with Crippen LogP contribution in [0.4, 0.5) is 15.3 Å². The molecule has 0 saturated heterocycles. The van der Waals surface area contributed by atoms with Crippen LogP contribution in [-0.2, 0) is 15.6 Å². The van der Waals surface area contributed by atoms with Crippen LogP contribution in [0.1, 0.15) is 67.0 Å². The first-order valence-electron chi connectivity index (χ1n) is 15.8. The van der Waals surface area contributed by atoms with Gasteiger partial charge in [-0.05, 0) is 95.2 Å². The molecule has 2 aromatic heterocycles. The van der Waals surface area contributed by atoms with E-state index >= 15 is 0 Å². The first kappa shape index (κ1) is 38.4. The summed E-state index contributed by atoms with van der Waals surface area (Å²) in [6, 6.07) is 6.56. The minimum absolute atomic E-state index is 0.101. The Bertz CT molecular complexity index is 1570. The predicted octanol–water partition coefficient (Wildman–Crippen LogP) is 7.69. The number of halogens is 2. The van der Waals surface area contributed by atoms with Gasteiger partial charge in [0.25, 0.3) is 0 Å². The second kappa shape index (κ2) is 17.4. The van der Waals surface area contributed by atoms with Gasteiger partial charge in [-0.15, -0.1) is 21.5 Å². The highest BCUT2D eigenvalue weighted by molar-refractivity contribution is 7.16. The molecule has 0 unspecified atom stereocenters. The van der Waals surface area contributed by atoms with E-state index in [2.05, 4.69) is 55.9 Å². The molecule has 0 N–H and O–H groups in total. The maximum absolute atomic E-state index is 14.7. The Balaban J connectivity index is 1.78. The maximum Gasteiger partial charge on any atom is 0.358 e. The van der Waals surface area contributed by atoms with Crippen LogP contribution < -0.4 is 9.64 Å². The normalized spacial score (nSPS) is 11.7. The molecule has 3 rings (SSSR count). The highest BCUT2D eigenvalue weighted by Crippen LogP contribution is 2.37. The summed E-state index contributed by atoms with van der Waals surface area (Å²) in [5.41, 5.74) is 1.61. The largest absolute Gasteiger partial charge is 0.491 e. The van der Waals surface area contributed by atoms with E-state index in [9.17, 15) is 9.18 Å². The monoisotopic (exact) mass is 703 g/mol. The van der Waals surface area contributed by atoms with Crippen LogP contribution in [-0.4, -0.2) is 81.4 Å². The average Bonchev–Trinajstić information content (AvgIpc) is 3.41. The summed E-state index contributed by atoms with van der Waals surface area (Å²) in [4.78, 5) is 22.4. The van der Waals surface area contributed by atoms with Crippen molar-refractivity contribution in [2.75, 3.05) is 51.9 Å². The number of thiazole rings is 1. The number of aromatic nitrogens is 3. The highest BCUT2D eigenvalue weighted by Gasteiger charge is 2.37. The SMILES string of the molecule is CCOC(=O)c1nc(N(CCCO[Si](C)(C)C(C)(C)C)c2cc(C)c(Cl)nn2)sc1CCCOc1ccc(C#CCN(C)C)cc1F. The topological polar surface area (TPSA) is 89.9 Å². The zero-order valence-electron chi connectivity index (χ0n) is 29.0. The third-order valence-corrected chi connectivity index (χ3v) is 13.8. The molecular weight excluding hydrogens is 657 g/mol. The van der Waals surface area contributed by atoms with Crippen LogP contribution in [0.5, 0.6) is 5.75 Å². The summed E-state index contributed by atoms with van der Waals surface area (Å²) in [6.45, 7) is 16.9. The molecule has 0 aliphatic rings. The number of hydrogen-bond donors (Lipinski definition) is 0. The van der Waals surface area contributed by atoms with Gasteiger partial charge in [0, 0.05) is 23.6 Å². The fourth-order valence-corrected chi connectivity index (χ4v) is 6.36. The molecular formula is C34H47ClFN5O4SSi. The van der Waals surface area contributed by atoms with Crippen molar-refractivity contribution < 1.29 is 23.1 Å². The van der Waals surface area contributed by atoms with Gasteiger partial charge in [0.15, 0.2) is 41.7 Å². The minimum atomic E-state index is -1.92. The summed E-state index contributed by atoms with van der Waals surface area (Å²) in [7, 11) is 1.93. The van der Waals surface area contributed by atoms with E-state index in [1.165, 1.54) is 17.4 Å². The molecule has 256 valence electrons. The number of nitrogens with zero attached hydrogens (tertiary/aromatic N) is 5. The van der Waals surface area contributed by atoms with Gasteiger partial charge in [0.1, 0.15) is 0 Å². The van der Waals surface area contributed by atoms with E-state index in [1.54, 1.807) is 19.1 Å². The van der Waals surface area contributed by atoms with Crippen LogP contribution in [0.2, 0.25) is 23.3 Å². The van der Waals surface area contributed by atoms with Crippen LogP contribution in [0.3, 0.4) is 0 Å². The summed E-state index contributed by atoms with van der Waals surface area (Å²) < 4.78 is 32.2. The quantitative estimate of drug-likeness (QED) is 0.0684. The van der Waals surface area contributed by atoms with E-state index in [0.29, 0.717) is 60.6 Å². The van der Waals surface area contributed by atoms with Gasteiger partial charge in [-0.1, -0.05) is 44.2 Å². The molecule has 0 bridgehead atoms. The molecule has 0 radical (unpaired) electrons. The lowest BCUT2D eigenvalue weighted by Gasteiger charge is -2.36. The number of carbonyl (C=O) groups is 1. The maximum atomic E-state index is 14.7. The molecule has 3 aromatic rings. The number of anilines is 2. The standard InChI is InChI=1S/C34H47ClFN5O4SSi/c1-10-43-32(42)30-28(15-12-20-44-27-17-16-25(23-26(27)36)14-11-18-40(6)7)46-33(37-30)41(29-22-24(2)31(35)39-38-29)19-13-21-45-47(8,9)34(3,4)5/h16-17,22-23H,10,12-13,15,18-21H2,1-9H3. The van der Waals surface area contributed by atoms with E-state index in [0.717, 1.165) is 10.4 Å². The van der Waals surface area contributed by atoms with Crippen molar-refractivity contribution in [1.82, 2.24) is 20.1 Å². The van der Waals surface area contributed by atoms with Crippen molar-refractivity contribution in [3.8, 4) is 17.6 Å². The van der Waals surface area contributed by atoms with Crippen molar-refractivity contribution in [3.05, 3.63) is 56.9 Å². The molecule has 9 nitrogen and oxygen atoms in total. The van der Waals surface area contributed by atoms with Crippen molar-refractivity contribution in [2.45, 2.75) is 72.0 Å². The Kier molecular flexibility index (Phi) is 14.2. The second-order valence-electron chi connectivity index (χ2n) is 12.9. The first-order chi connectivity index (χ1) is 22.1. The molecule has 2 heterocycles. The summed E-state index contributed by atoms with van der Waals surface area (Å²) >= 11 is 7.58. The number of carbonyl (C=O) groups excluding carboxylic acids is 1. The first-order valence-corrected chi connectivity index (χ1v) is 19.9. The molecule has 1 aromatic carbocycles. The Labute approximate surface area is 288 Å². The van der Waals surface area contributed by atoms with Crippen LogP contribution in [0.15, 0.2) is 24.3 Å². The molecule has 0 saturated carbocycles. The summed E-state index contributed by atoms with van der Waals surface area (Å²) in [5, 5.41) is 9.48. The smallest absolute Gasteiger partial charge is 0.358 e. The molecule has 47 heavy (non-hydrogen) atoms. The fraction of sp³-hybridized carbons (Fsp3) is 0.529. The van der Waals surface area contributed by atoms with E-state index in [-0.39, 0.29) is 29.7 Å². The van der Waals surface area contributed by atoms with Crippen molar-refractivity contribution in [2.24, 2.45) is 0 Å². The Morgan fingerprint density at radius 1 is 1.13 bits per heavy atom. The highest BCUT2D eigenvalue weighted by atomic mass is 35.5.